The lowest BCUT2D eigenvalue weighted by Crippen LogP contribution is -2.39. The van der Waals surface area contributed by atoms with E-state index in [0.29, 0.717) is 16.7 Å². The standard InChI is InChI=1S/C17H20N6O2S/c1-10(2)8-14-20-21-17(26-14)19-16(25)12-9-13(15(18)24)23(22-12)11-6-4-3-5-7-11/h3-7,10,13H,8-9H2,1-2H3,(H2,18,24)(H,19,21,25). The third-order valence-electron chi connectivity index (χ3n) is 3.79. The molecule has 0 bridgehead atoms. The number of hydrogen-bond acceptors (Lipinski definition) is 7. The van der Waals surface area contributed by atoms with Crippen LogP contribution in [-0.4, -0.2) is 33.8 Å². The van der Waals surface area contributed by atoms with Gasteiger partial charge in [0.2, 0.25) is 11.0 Å². The van der Waals surface area contributed by atoms with Crippen LogP contribution in [0.2, 0.25) is 0 Å². The number of aromatic nitrogens is 2. The minimum absolute atomic E-state index is 0.147. The first-order chi connectivity index (χ1) is 12.4. The fourth-order valence-corrected chi connectivity index (χ4v) is 3.54. The first-order valence-electron chi connectivity index (χ1n) is 8.29. The molecule has 1 aliphatic heterocycles. The number of hydrazone groups is 1. The molecule has 0 fully saturated rings. The van der Waals surface area contributed by atoms with Gasteiger partial charge in [0.15, 0.2) is 0 Å². The number of nitrogens with two attached hydrogens (primary N) is 1. The second kappa shape index (κ2) is 7.61. The highest BCUT2D eigenvalue weighted by molar-refractivity contribution is 7.15. The summed E-state index contributed by atoms with van der Waals surface area (Å²) >= 11 is 1.34. The Hall–Kier alpha value is -2.81. The van der Waals surface area contributed by atoms with E-state index in [2.05, 4.69) is 34.5 Å². The molecule has 2 heterocycles. The number of para-hydroxylation sites is 1. The third kappa shape index (κ3) is 4.05. The average Bonchev–Trinajstić information content (AvgIpc) is 3.22. The maximum atomic E-state index is 12.5. The van der Waals surface area contributed by atoms with Crippen molar-refractivity contribution in [1.29, 1.82) is 0 Å². The molecule has 0 saturated carbocycles. The van der Waals surface area contributed by atoms with Crippen molar-refractivity contribution < 1.29 is 9.59 Å². The number of nitrogens with zero attached hydrogens (tertiary/aromatic N) is 4. The molecule has 9 heteroatoms. The van der Waals surface area contributed by atoms with Crippen LogP contribution in [0, 0.1) is 5.92 Å². The van der Waals surface area contributed by atoms with Gasteiger partial charge in [0, 0.05) is 12.8 Å². The van der Waals surface area contributed by atoms with Gasteiger partial charge >= 0.3 is 0 Å². The Labute approximate surface area is 155 Å². The quantitative estimate of drug-likeness (QED) is 0.802. The zero-order valence-electron chi connectivity index (χ0n) is 14.5. The molecule has 3 rings (SSSR count). The zero-order chi connectivity index (χ0) is 18.7. The minimum Gasteiger partial charge on any atom is -0.368 e. The lowest BCUT2D eigenvalue weighted by molar-refractivity contribution is -0.119. The molecule has 1 aliphatic rings. The lowest BCUT2D eigenvalue weighted by atomic mass is 10.1. The van der Waals surface area contributed by atoms with Crippen LogP contribution in [0.3, 0.4) is 0 Å². The lowest BCUT2D eigenvalue weighted by Gasteiger charge is -2.20. The molecule has 136 valence electrons. The predicted octanol–water partition coefficient (Wildman–Crippen LogP) is 1.80. The fourth-order valence-electron chi connectivity index (χ4n) is 2.59. The van der Waals surface area contributed by atoms with Crippen LogP contribution in [0.15, 0.2) is 35.4 Å². The number of benzene rings is 1. The number of carbonyl (C=O) groups excluding carboxylic acids is 2. The number of amides is 2. The van der Waals surface area contributed by atoms with Crippen LogP contribution < -0.4 is 16.1 Å². The largest absolute Gasteiger partial charge is 0.368 e. The van der Waals surface area contributed by atoms with E-state index in [1.165, 1.54) is 16.3 Å². The molecule has 2 aromatic rings. The molecule has 1 aromatic carbocycles. The number of anilines is 2. The Balaban J connectivity index is 1.74. The molecule has 1 atom stereocenters. The third-order valence-corrected chi connectivity index (χ3v) is 4.65. The zero-order valence-corrected chi connectivity index (χ0v) is 15.4. The maximum Gasteiger partial charge on any atom is 0.273 e. The fraction of sp³-hybridized carbons (Fsp3) is 0.353. The van der Waals surface area contributed by atoms with Crippen LogP contribution in [0.4, 0.5) is 10.8 Å². The van der Waals surface area contributed by atoms with Crippen LogP contribution in [-0.2, 0) is 16.0 Å². The van der Waals surface area contributed by atoms with E-state index in [1.54, 1.807) is 0 Å². The number of hydrogen-bond donors (Lipinski definition) is 2. The summed E-state index contributed by atoms with van der Waals surface area (Å²) in [6.07, 6.45) is 0.952. The Morgan fingerprint density at radius 3 is 2.69 bits per heavy atom. The molecule has 0 aliphatic carbocycles. The van der Waals surface area contributed by atoms with Crippen molar-refractivity contribution in [3.63, 3.8) is 0 Å². The van der Waals surface area contributed by atoms with Crippen molar-refractivity contribution in [2.75, 3.05) is 10.3 Å². The summed E-state index contributed by atoms with van der Waals surface area (Å²) in [7, 11) is 0. The molecule has 0 spiro atoms. The highest BCUT2D eigenvalue weighted by Gasteiger charge is 2.35. The van der Waals surface area contributed by atoms with Gasteiger partial charge in [-0.3, -0.25) is 19.9 Å². The number of rotatable bonds is 6. The van der Waals surface area contributed by atoms with Crippen LogP contribution >= 0.6 is 11.3 Å². The normalized spacial score (nSPS) is 16.7. The average molecular weight is 372 g/mol. The van der Waals surface area contributed by atoms with E-state index in [0.717, 1.165) is 11.4 Å². The van der Waals surface area contributed by atoms with Gasteiger partial charge in [0.05, 0.1) is 5.69 Å². The van der Waals surface area contributed by atoms with Crippen molar-refractivity contribution in [2.45, 2.75) is 32.7 Å². The highest BCUT2D eigenvalue weighted by Crippen LogP contribution is 2.25. The molecule has 3 N–H and O–H groups in total. The predicted molar refractivity (Wildman–Crippen MR) is 101 cm³/mol. The summed E-state index contributed by atoms with van der Waals surface area (Å²) in [5.74, 6) is -0.473. The van der Waals surface area contributed by atoms with Gasteiger partial charge in [-0.1, -0.05) is 43.4 Å². The Bertz CT molecular complexity index is 833. The van der Waals surface area contributed by atoms with Gasteiger partial charge in [-0.2, -0.15) is 5.10 Å². The van der Waals surface area contributed by atoms with Crippen molar-refractivity contribution in [2.24, 2.45) is 16.8 Å². The summed E-state index contributed by atoms with van der Waals surface area (Å²) < 4.78 is 0. The molecule has 0 radical (unpaired) electrons. The first-order valence-corrected chi connectivity index (χ1v) is 9.10. The Kier molecular flexibility index (Phi) is 5.27. The summed E-state index contributed by atoms with van der Waals surface area (Å²) in [5, 5.41) is 17.8. The van der Waals surface area contributed by atoms with Crippen molar-refractivity contribution >= 4 is 39.7 Å². The van der Waals surface area contributed by atoms with E-state index in [1.807, 2.05) is 30.3 Å². The van der Waals surface area contributed by atoms with Gasteiger partial charge in [-0.05, 0) is 18.1 Å². The van der Waals surface area contributed by atoms with E-state index in [9.17, 15) is 9.59 Å². The SMILES string of the molecule is CC(C)Cc1nnc(NC(=O)C2=NN(c3ccccc3)C(C(N)=O)C2)s1. The minimum atomic E-state index is -0.691. The monoisotopic (exact) mass is 372 g/mol. The molecule has 1 aromatic heterocycles. The Morgan fingerprint density at radius 1 is 1.31 bits per heavy atom. The van der Waals surface area contributed by atoms with Gasteiger partial charge in [-0.15, -0.1) is 10.2 Å². The van der Waals surface area contributed by atoms with E-state index >= 15 is 0 Å². The van der Waals surface area contributed by atoms with Gasteiger partial charge in [0.25, 0.3) is 5.91 Å². The maximum absolute atomic E-state index is 12.5. The van der Waals surface area contributed by atoms with Crippen LogP contribution in [0.1, 0.15) is 25.3 Å². The topological polar surface area (TPSA) is 114 Å². The molecule has 26 heavy (non-hydrogen) atoms. The molecular weight excluding hydrogens is 352 g/mol. The highest BCUT2D eigenvalue weighted by atomic mass is 32.1. The van der Waals surface area contributed by atoms with Gasteiger partial charge in [0.1, 0.15) is 16.8 Å². The summed E-state index contributed by atoms with van der Waals surface area (Å²) in [6.45, 7) is 4.18. The number of nitrogens with one attached hydrogen (secondary N) is 1. The first kappa shape index (κ1) is 18.0. The number of carbonyl (C=O) groups is 2. The van der Waals surface area contributed by atoms with Crippen LogP contribution in [0.25, 0.3) is 0 Å². The summed E-state index contributed by atoms with van der Waals surface area (Å²) in [6, 6.07) is 8.45. The smallest absolute Gasteiger partial charge is 0.273 e. The number of primary amides is 1. The molecule has 0 saturated heterocycles. The van der Waals surface area contributed by atoms with Gasteiger partial charge in [-0.25, -0.2) is 0 Å². The van der Waals surface area contributed by atoms with Crippen molar-refractivity contribution in [3.05, 3.63) is 35.3 Å². The molecular formula is C17H20N6O2S. The summed E-state index contributed by atoms with van der Waals surface area (Å²) in [4.78, 5) is 24.3. The van der Waals surface area contributed by atoms with Crippen LogP contribution in [0.5, 0.6) is 0 Å². The van der Waals surface area contributed by atoms with E-state index < -0.39 is 17.9 Å². The summed E-state index contributed by atoms with van der Waals surface area (Å²) in [5.41, 5.74) is 6.42. The molecule has 1 unspecified atom stereocenters. The van der Waals surface area contributed by atoms with E-state index in [4.69, 9.17) is 5.73 Å². The molecule has 2 amide bonds. The van der Waals surface area contributed by atoms with Crippen molar-refractivity contribution in [3.8, 4) is 0 Å². The van der Waals surface area contributed by atoms with Gasteiger partial charge < -0.3 is 5.73 Å². The van der Waals surface area contributed by atoms with Crippen molar-refractivity contribution in [1.82, 2.24) is 10.2 Å². The Morgan fingerprint density at radius 2 is 2.04 bits per heavy atom. The second-order valence-corrected chi connectivity index (χ2v) is 7.46. The second-order valence-electron chi connectivity index (χ2n) is 6.40. The van der Waals surface area contributed by atoms with E-state index in [-0.39, 0.29) is 12.1 Å². The molecule has 8 nitrogen and oxygen atoms in total.